The number of esters is 2. The first-order chi connectivity index (χ1) is 9.08. The lowest BCUT2D eigenvalue weighted by Gasteiger charge is -2.19. The molecule has 0 saturated carbocycles. The summed E-state index contributed by atoms with van der Waals surface area (Å²) in [6.45, 7) is 2.03. The minimum absolute atomic E-state index is 0.297. The van der Waals surface area contributed by atoms with Crippen molar-refractivity contribution in [3.8, 4) is 0 Å². The molecule has 0 atom stereocenters. The van der Waals surface area contributed by atoms with Crippen molar-refractivity contribution in [1.82, 2.24) is 5.32 Å². The number of amides is 1. The van der Waals surface area contributed by atoms with Gasteiger partial charge in [0, 0.05) is 5.70 Å². The zero-order valence-corrected chi connectivity index (χ0v) is 11.3. The molecule has 1 N–H and O–H groups in total. The van der Waals surface area contributed by atoms with E-state index in [-0.39, 0.29) is 6.42 Å². The number of hydrogen-bond donors (Lipinski definition) is 1. The molecule has 0 unspecified atom stereocenters. The minimum Gasteiger partial charge on any atom is -0.469 e. The molecule has 1 aliphatic carbocycles. The molecule has 0 aromatic rings. The highest BCUT2D eigenvalue weighted by molar-refractivity contribution is 5.96. The monoisotopic (exact) mass is 269 g/mol. The Morgan fingerprint density at radius 3 is 2.53 bits per heavy atom. The molecule has 0 saturated heterocycles. The fourth-order valence-corrected chi connectivity index (χ4v) is 1.90. The van der Waals surface area contributed by atoms with E-state index in [9.17, 15) is 14.4 Å². The number of methoxy groups -OCH3 is 1. The zero-order valence-electron chi connectivity index (χ0n) is 11.3. The van der Waals surface area contributed by atoms with Gasteiger partial charge in [-0.05, 0) is 32.6 Å². The maximum Gasteiger partial charge on any atom is 0.335 e. The Kier molecular flexibility index (Phi) is 6.05. The highest BCUT2D eigenvalue weighted by Crippen LogP contribution is 2.24. The average molecular weight is 269 g/mol. The van der Waals surface area contributed by atoms with Crippen molar-refractivity contribution < 1.29 is 23.9 Å². The van der Waals surface area contributed by atoms with Crippen molar-refractivity contribution in [2.75, 3.05) is 13.7 Å². The van der Waals surface area contributed by atoms with Gasteiger partial charge in [0.1, 0.15) is 6.42 Å². The van der Waals surface area contributed by atoms with Gasteiger partial charge in [-0.3, -0.25) is 9.59 Å². The van der Waals surface area contributed by atoms with E-state index in [1.54, 1.807) is 6.92 Å². The van der Waals surface area contributed by atoms with Crippen LogP contribution in [0.15, 0.2) is 11.3 Å². The van der Waals surface area contributed by atoms with Crippen LogP contribution in [0, 0.1) is 0 Å². The van der Waals surface area contributed by atoms with E-state index in [1.807, 2.05) is 0 Å². The number of carbonyl (C=O) groups excluding carboxylic acids is 3. The van der Waals surface area contributed by atoms with Crippen LogP contribution in [0.3, 0.4) is 0 Å². The van der Waals surface area contributed by atoms with Crippen molar-refractivity contribution in [3.05, 3.63) is 11.3 Å². The predicted octanol–water partition coefficient (Wildman–Crippen LogP) is 1.06. The Bertz CT molecular complexity index is 400. The molecular weight excluding hydrogens is 250 g/mol. The maximum atomic E-state index is 11.7. The van der Waals surface area contributed by atoms with E-state index in [4.69, 9.17) is 4.74 Å². The highest BCUT2D eigenvalue weighted by atomic mass is 16.5. The van der Waals surface area contributed by atoms with Gasteiger partial charge in [-0.15, -0.1) is 0 Å². The molecule has 19 heavy (non-hydrogen) atoms. The summed E-state index contributed by atoms with van der Waals surface area (Å²) in [5.41, 5.74) is 1.07. The summed E-state index contributed by atoms with van der Waals surface area (Å²) in [6, 6.07) is 0. The van der Waals surface area contributed by atoms with E-state index in [1.165, 1.54) is 7.11 Å². The molecule has 0 aromatic heterocycles. The first-order valence-corrected chi connectivity index (χ1v) is 6.34. The smallest absolute Gasteiger partial charge is 0.335 e. The number of rotatable bonds is 5. The molecule has 0 heterocycles. The van der Waals surface area contributed by atoms with Crippen LogP contribution >= 0.6 is 0 Å². The highest BCUT2D eigenvalue weighted by Gasteiger charge is 2.22. The number of hydrogen-bond acceptors (Lipinski definition) is 5. The summed E-state index contributed by atoms with van der Waals surface area (Å²) >= 11 is 0. The van der Waals surface area contributed by atoms with Gasteiger partial charge in [0.2, 0.25) is 5.91 Å². The Labute approximate surface area is 112 Å². The predicted molar refractivity (Wildman–Crippen MR) is 66.9 cm³/mol. The van der Waals surface area contributed by atoms with Crippen LogP contribution in [-0.4, -0.2) is 31.6 Å². The molecule has 0 aliphatic heterocycles. The second-order valence-corrected chi connectivity index (χ2v) is 4.19. The maximum absolute atomic E-state index is 11.7. The van der Waals surface area contributed by atoms with Gasteiger partial charge < -0.3 is 14.8 Å². The molecule has 0 bridgehead atoms. The number of carbonyl (C=O) groups is 3. The van der Waals surface area contributed by atoms with Crippen molar-refractivity contribution in [1.29, 1.82) is 0 Å². The lowest BCUT2D eigenvalue weighted by atomic mass is 9.96. The van der Waals surface area contributed by atoms with Crippen LogP contribution in [0.2, 0.25) is 0 Å². The number of ether oxygens (including phenoxy) is 2. The van der Waals surface area contributed by atoms with Crippen LogP contribution in [0.25, 0.3) is 0 Å². The van der Waals surface area contributed by atoms with Crippen LogP contribution < -0.4 is 5.32 Å². The van der Waals surface area contributed by atoms with Gasteiger partial charge in [0.05, 0.1) is 19.3 Å². The quantitative estimate of drug-likeness (QED) is 0.596. The van der Waals surface area contributed by atoms with E-state index in [0.29, 0.717) is 30.7 Å². The van der Waals surface area contributed by atoms with Gasteiger partial charge in [-0.25, -0.2) is 4.79 Å². The van der Waals surface area contributed by atoms with Crippen LogP contribution in [0.1, 0.15) is 39.0 Å². The van der Waals surface area contributed by atoms with Crippen molar-refractivity contribution in [3.63, 3.8) is 0 Å². The largest absolute Gasteiger partial charge is 0.469 e. The molecule has 106 valence electrons. The lowest BCUT2D eigenvalue weighted by molar-refractivity contribution is -0.143. The zero-order chi connectivity index (χ0) is 14.3. The molecule has 1 amide bonds. The summed E-state index contributed by atoms with van der Waals surface area (Å²) in [5.74, 6) is -1.47. The summed E-state index contributed by atoms with van der Waals surface area (Å²) < 4.78 is 9.37. The summed E-state index contributed by atoms with van der Waals surface area (Å²) in [4.78, 5) is 34.3. The molecule has 1 aliphatic rings. The normalized spacial score (nSPS) is 14.8. The molecule has 6 heteroatoms. The lowest BCUT2D eigenvalue weighted by Crippen LogP contribution is -2.29. The Hall–Kier alpha value is -1.85. The fraction of sp³-hybridized carbons (Fsp3) is 0.615. The van der Waals surface area contributed by atoms with Gasteiger partial charge in [0.15, 0.2) is 0 Å². The number of nitrogens with one attached hydrogen (secondary N) is 1. The minimum atomic E-state index is -0.605. The molecule has 1 rings (SSSR count). The third kappa shape index (κ3) is 4.73. The van der Waals surface area contributed by atoms with Crippen molar-refractivity contribution >= 4 is 17.8 Å². The van der Waals surface area contributed by atoms with Crippen LogP contribution in [0.4, 0.5) is 0 Å². The van der Waals surface area contributed by atoms with Gasteiger partial charge in [0.25, 0.3) is 0 Å². The second-order valence-electron chi connectivity index (χ2n) is 4.19. The van der Waals surface area contributed by atoms with Crippen LogP contribution in [0.5, 0.6) is 0 Å². The molecule has 0 fully saturated rings. The third-order valence-electron chi connectivity index (χ3n) is 2.81. The molecule has 0 aromatic carbocycles. The Balaban J connectivity index is 2.72. The number of allylic oxidation sites excluding steroid dienone is 1. The first-order valence-electron chi connectivity index (χ1n) is 6.34. The molecular formula is C13H19NO5. The average Bonchev–Trinajstić information content (AvgIpc) is 2.39. The van der Waals surface area contributed by atoms with Crippen molar-refractivity contribution in [2.24, 2.45) is 0 Å². The first kappa shape index (κ1) is 15.2. The summed E-state index contributed by atoms with van der Waals surface area (Å²) in [6.07, 6.45) is 2.64. The second kappa shape index (κ2) is 7.56. The topological polar surface area (TPSA) is 81.7 Å². The third-order valence-corrected chi connectivity index (χ3v) is 2.81. The van der Waals surface area contributed by atoms with Crippen LogP contribution in [-0.2, 0) is 23.9 Å². The standard InChI is InChI=1S/C13H19NO5/c1-3-19-13(17)9-6-4-5-7-10(9)14-11(15)8-12(16)18-2/h3-8H2,1-2H3,(H,14,15). The van der Waals surface area contributed by atoms with E-state index in [0.717, 1.165) is 12.8 Å². The molecule has 0 spiro atoms. The summed E-state index contributed by atoms with van der Waals surface area (Å²) in [5, 5.41) is 2.61. The fourth-order valence-electron chi connectivity index (χ4n) is 1.90. The van der Waals surface area contributed by atoms with Gasteiger partial charge in [-0.2, -0.15) is 0 Å². The SMILES string of the molecule is CCOC(=O)C1=C(NC(=O)CC(=O)OC)CCCC1. The van der Waals surface area contributed by atoms with E-state index in [2.05, 4.69) is 10.1 Å². The molecule has 0 radical (unpaired) electrons. The van der Waals surface area contributed by atoms with E-state index < -0.39 is 17.8 Å². The molecule has 6 nitrogen and oxygen atoms in total. The van der Waals surface area contributed by atoms with Crippen molar-refractivity contribution in [2.45, 2.75) is 39.0 Å². The Morgan fingerprint density at radius 1 is 1.21 bits per heavy atom. The summed E-state index contributed by atoms with van der Waals surface area (Å²) in [7, 11) is 1.22. The van der Waals surface area contributed by atoms with Gasteiger partial charge >= 0.3 is 11.9 Å². The Morgan fingerprint density at radius 2 is 1.89 bits per heavy atom. The van der Waals surface area contributed by atoms with E-state index >= 15 is 0 Å². The van der Waals surface area contributed by atoms with Gasteiger partial charge in [-0.1, -0.05) is 0 Å².